The van der Waals surface area contributed by atoms with Crippen molar-refractivity contribution in [3.63, 3.8) is 0 Å². The summed E-state index contributed by atoms with van der Waals surface area (Å²) < 4.78 is 5.68. The molecule has 1 aliphatic heterocycles. The number of rotatable bonds is 5. The van der Waals surface area contributed by atoms with E-state index >= 15 is 0 Å². The van der Waals surface area contributed by atoms with Gasteiger partial charge in [0.2, 0.25) is 0 Å². The first-order valence-corrected chi connectivity index (χ1v) is 7.39. The molecule has 0 aromatic rings. The minimum atomic E-state index is 0.539. The van der Waals surface area contributed by atoms with Crippen molar-refractivity contribution in [3.8, 4) is 0 Å². The third kappa shape index (κ3) is 3.01. The van der Waals surface area contributed by atoms with Crippen LogP contribution < -0.4 is 5.32 Å². The number of hydrogen-bond acceptors (Lipinski definition) is 3. The van der Waals surface area contributed by atoms with Crippen LogP contribution in [-0.4, -0.2) is 48.8 Å². The quantitative estimate of drug-likeness (QED) is 0.795. The molecule has 0 aromatic carbocycles. The highest BCUT2D eigenvalue weighted by Gasteiger charge is 2.39. The summed E-state index contributed by atoms with van der Waals surface area (Å²) in [5.41, 5.74) is 0. The fraction of sp³-hybridized carbons (Fsp3) is 1.00. The van der Waals surface area contributed by atoms with E-state index in [-0.39, 0.29) is 0 Å². The maximum atomic E-state index is 5.68. The van der Waals surface area contributed by atoms with Gasteiger partial charge in [0.15, 0.2) is 0 Å². The highest BCUT2D eigenvalue weighted by molar-refractivity contribution is 4.95. The van der Waals surface area contributed by atoms with Gasteiger partial charge in [-0.3, -0.25) is 4.90 Å². The fourth-order valence-corrected chi connectivity index (χ4v) is 3.17. The molecule has 3 heteroatoms. The van der Waals surface area contributed by atoms with E-state index in [9.17, 15) is 0 Å². The maximum Gasteiger partial charge on any atom is 0.0604 e. The van der Waals surface area contributed by atoms with Gasteiger partial charge in [-0.05, 0) is 32.6 Å². The molecule has 2 fully saturated rings. The zero-order valence-corrected chi connectivity index (χ0v) is 11.6. The lowest BCUT2D eigenvalue weighted by Crippen LogP contribution is -2.62. The Morgan fingerprint density at radius 1 is 1.18 bits per heavy atom. The molecule has 1 saturated heterocycles. The van der Waals surface area contributed by atoms with E-state index in [1.54, 1.807) is 0 Å². The van der Waals surface area contributed by atoms with Gasteiger partial charge >= 0.3 is 0 Å². The molecule has 2 rings (SSSR count). The molecule has 0 radical (unpaired) electrons. The molecule has 1 saturated carbocycles. The van der Waals surface area contributed by atoms with Crippen LogP contribution in [0, 0.1) is 0 Å². The second-order valence-electron chi connectivity index (χ2n) is 5.47. The molecular weight excluding hydrogens is 212 g/mol. The van der Waals surface area contributed by atoms with Crippen molar-refractivity contribution in [3.05, 3.63) is 0 Å². The summed E-state index contributed by atoms with van der Waals surface area (Å²) >= 11 is 0. The second-order valence-corrected chi connectivity index (χ2v) is 5.47. The van der Waals surface area contributed by atoms with E-state index in [0.717, 1.165) is 18.7 Å². The van der Waals surface area contributed by atoms with Gasteiger partial charge in [-0.1, -0.05) is 13.8 Å². The summed E-state index contributed by atoms with van der Waals surface area (Å²) in [6.45, 7) is 9.97. The predicted molar refractivity (Wildman–Crippen MR) is 71.3 cm³/mol. The van der Waals surface area contributed by atoms with Gasteiger partial charge in [-0.2, -0.15) is 0 Å². The Kier molecular flexibility index (Phi) is 4.83. The predicted octanol–water partition coefficient (Wildman–Crippen LogP) is 2.02. The molecule has 0 bridgehead atoms. The Bertz CT molecular complexity index is 228. The first-order valence-electron chi connectivity index (χ1n) is 7.39. The van der Waals surface area contributed by atoms with Crippen molar-refractivity contribution >= 4 is 0 Å². The summed E-state index contributed by atoms with van der Waals surface area (Å²) in [5.74, 6) is 0. The van der Waals surface area contributed by atoms with Crippen molar-refractivity contribution in [1.82, 2.24) is 10.2 Å². The standard InChI is InChI=1S/C14H28N2O/c1-4-11-10-16(12(5-2)9-15-11)13-7-14(8-13)17-6-3/h11-15H,4-10H2,1-3H3. The Labute approximate surface area is 106 Å². The lowest BCUT2D eigenvalue weighted by molar-refractivity contribution is -0.0670. The van der Waals surface area contributed by atoms with E-state index in [1.807, 2.05) is 0 Å². The molecule has 2 aliphatic rings. The Hall–Kier alpha value is -0.120. The lowest BCUT2D eigenvalue weighted by atomic mass is 9.85. The zero-order valence-electron chi connectivity index (χ0n) is 11.6. The number of piperazine rings is 1. The van der Waals surface area contributed by atoms with Crippen LogP contribution in [-0.2, 0) is 4.74 Å². The molecule has 2 unspecified atom stereocenters. The average Bonchev–Trinajstić information content (AvgIpc) is 2.32. The maximum absolute atomic E-state index is 5.68. The monoisotopic (exact) mass is 240 g/mol. The number of nitrogens with zero attached hydrogens (tertiary/aromatic N) is 1. The molecule has 1 aliphatic carbocycles. The van der Waals surface area contributed by atoms with Gasteiger partial charge in [-0.25, -0.2) is 0 Å². The number of nitrogens with one attached hydrogen (secondary N) is 1. The third-order valence-corrected chi connectivity index (χ3v) is 4.45. The van der Waals surface area contributed by atoms with Crippen molar-refractivity contribution in [1.29, 1.82) is 0 Å². The minimum absolute atomic E-state index is 0.539. The Morgan fingerprint density at radius 2 is 1.94 bits per heavy atom. The average molecular weight is 240 g/mol. The number of ether oxygens (including phenoxy) is 1. The SMILES string of the molecule is CCOC1CC(N2CC(CC)NCC2CC)C1. The van der Waals surface area contributed by atoms with E-state index in [0.29, 0.717) is 12.1 Å². The first-order chi connectivity index (χ1) is 8.28. The number of hydrogen-bond donors (Lipinski definition) is 1. The van der Waals surface area contributed by atoms with Crippen molar-refractivity contribution in [2.75, 3.05) is 19.7 Å². The third-order valence-electron chi connectivity index (χ3n) is 4.45. The normalized spacial score (nSPS) is 39.0. The van der Waals surface area contributed by atoms with Crippen LogP contribution >= 0.6 is 0 Å². The Balaban J connectivity index is 1.84. The second kappa shape index (κ2) is 6.17. The summed E-state index contributed by atoms with van der Waals surface area (Å²) in [4.78, 5) is 2.75. The topological polar surface area (TPSA) is 24.5 Å². The van der Waals surface area contributed by atoms with E-state index in [2.05, 4.69) is 31.0 Å². The van der Waals surface area contributed by atoms with Gasteiger partial charge in [0.1, 0.15) is 0 Å². The van der Waals surface area contributed by atoms with Crippen LogP contribution in [0.3, 0.4) is 0 Å². The molecule has 3 nitrogen and oxygen atoms in total. The fourth-order valence-electron chi connectivity index (χ4n) is 3.17. The molecule has 0 spiro atoms. The largest absolute Gasteiger partial charge is 0.378 e. The van der Waals surface area contributed by atoms with Crippen LogP contribution in [0.2, 0.25) is 0 Å². The molecule has 1 N–H and O–H groups in total. The van der Waals surface area contributed by atoms with Crippen LogP contribution in [0.4, 0.5) is 0 Å². The molecule has 0 aromatic heterocycles. The van der Waals surface area contributed by atoms with Crippen molar-refractivity contribution in [2.24, 2.45) is 0 Å². The Morgan fingerprint density at radius 3 is 2.53 bits per heavy atom. The van der Waals surface area contributed by atoms with Crippen molar-refractivity contribution in [2.45, 2.75) is 70.7 Å². The van der Waals surface area contributed by atoms with Gasteiger partial charge < -0.3 is 10.1 Å². The van der Waals surface area contributed by atoms with Crippen LogP contribution in [0.25, 0.3) is 0 Å². The summed E-state index contributed by atoms with van der Waals surface area (Å²) in [6.07, 6.45) is 5.55. The summed E-state index contributed by atoms with van der Waals surface area (Å²) in [5, 5.41) is 3.67. The summed E-state index contributed by atoms with van der Waals surface area (Å²) in [7, 11) is 0. The van der Waals surface area contributed by atoms with E-state index in [1.165, 1.54) is 38.8 Å². The highest BCUT2D eigenvalue weighted by Crippen LogP contribution is 2.31. The molecule has 2 atom stereocenters. The van der Waals surface area contributed by atoms with Gasteiger partial charge in [-0.15, -0.1) is 0 Å². The van der Waals surface area contributed by atoms with Gasteiger partial charge in [0.05, 0.1) is 6.10 Å². The molecule has 1 heterocycles. The first kappa shape index (κ1) is 13.3. The summed E-state index contributed by atoms with van der Waals surface area (Å²) in [6, 6.07) is 2.22. The van der Waals surface area contributed by atoms with E-state index in [4.69, 9.17) is 4.74 Å². The van der Waals surface area contributed by atoms with Crippen LogP contribution in [0.1, 0.15) is 46.5 Å². The molecule has 100 valence electrons. The molecular formula is C14H28N2O. The lowest BCUT2D eigenvalue weighted by Gasteiger charge is -2.50. The molecule has 0 amide bonds. The highest BCUT2D eigenvalue weighted by atomic mass is 16.5. The van der Waals surface area contributed by atoms with Gasteiger partial charge in [0, 0.05) is 37.8 Å². The van der Waals surface area contributed by atoms with Crippen molar-refractivity contribution < 1.29 is 4.74 Å². The van der Waals surface area contributed by atoms with Crippen LogP contribution in [0.5, 0.6) is 0 Å². The smallest absolute Gasteiger partial charge is 0.0604 e. The van der Waals surface area contributed by atoms with E-state index < -0.39 is 0 Å². The molecule has 17 heavy (non-hydrogen) atoms. The zero-order chi connectivity index (χ0) is 12.3. The minimum Gasteiger partial charge on any atom is -0.378 e. The van der Waals surface area contributed by atoms with Gasteiger partial charge in [0.25, 0.3) is 0 Å². The van der Waals surface area contributed by atoms with Crippen LogP contribution in [0.15, 0.2) is 0 Å².